The van der Waals surface area contributed by atoms with Gasteiger partial charge in [-0.15, -0.1) is 0 Å². The van der Waals surface area contributed by atoms with Gasteiger partial charge < -0.3 is 10.6 Å². The molecule has 3 nitrogen and oxygen atoms in total. The molecule has 1 amide bonds. The van der Waals surface area contributed by atoms with Gasteiger partial charge in [0.25, 0.3) is 0 Å². The van der Waals surface area contributed by atoms with Gasteiger partial charge in [0, 0.05) is 29.6 Å². The van der Waals surface area contributed by atoms with Gasteiger partial charge >= 0.3 is 0 Å². The summed E-state index contributed by atoms with van der Waals surface area (Å²) in [5, 5.41) is 0.138. The number of anilines is 2. The van der Waals surface area contributed by atoms with Crippen molar-refractivity contribution in [3.8, 4) is 11.1 Å². The molecule has 1 heterocycles. The zero-order valence-corrected chi connectivity index (χ0v) is 11.9. The Labute approximate surface area is 123 Å². The highest BCUT2D eigenvalue weighted by molar-refractivity contribution is 7.81. The van der Waals surface area contributed by atoms with Crippen LogP contribution in [0, 0.1) is 0 Å². The van der Waals surface area contributed by atoms with Crippen LogP contribution in [-0.2, 0) is 4.79 Å². The summed E-state index contributed by atoms with van der Waals surface area (Å²) in [6.07, 6.45) is 0.517. The number of nitrogens with two attached hydrogens (primary N) is 1. The number of nitrogen functional groups attached to an aromatic ring is 1. The van der Waals surface area contributed by atoms with Crippen LogP contribution < -0.4 is 10.6 Å². The fourth-order valence-corrected chi connectivity index (χ4v) is 2.77. The molecule has 0 saturated carbocycles. The fraction of sp³-hybridized carbons (Fsp3) is 0.188. The number of benzene rings is 2. The highest BCUT2D eigenvalue weighted by Gasteiger charge is 2.28. The fourth-order valence-electron chi connectivity index (χ4n) is 2.45. The number of hydrogen-bond donors (Lipinski definition) is 2. The lowest BCUT2D eigenvalue weighted by atomic mass is 10.0. The molecule has 2 aromatic rings. The molecule has 1 atom stereocenters. The minimum absolute atomic E-state index is 0.138. The van der Waals surface area contributed by atoms with Gasteiger partial charge in [0.1, 0.15) is 0 Å². The van der Waals surface area contributed by atoms with Gasteiger partial charge in [-0.1, -0.05) is 24.3 Å². The zero-order chi connectivity index (χ0) is 14.1. The predicted molar refractivity (Wildman–Crippen MR) is 86.0 cm³/mol. The van der Waals surface area contributed by atoms with Gasteiger partial charge in [0.2, 0.25) is 5.91 Å². The van der Waals surface area contributed by atoms with Crippen LogP contribution >= 0.6 is 12.6 Å². The van der Waals surface area contributed by atoms with E-state index in [1.54, 1.807) is 4.90 Å². The number of carbonyl (C=O) groups is 1. The van der Waals surface area contributed by atoms with Crippen LogP contribution in [0.25, 0.3) is 11.1 Å². The second-order valence-electron chi connectivity index (χ2n) is 5.03. The van der Waals surface area contributed by atoms with Crippen molar-refractivity contribution in [2.45, 2.75) is 11.7 Å². The van der Waals surface area contributed by atoms with E-state index in [1.807, 2.05) is 48.5 Å². The van der Waals surface area contributed by atoms with Gasteiger partial charge in [0.05, 0.1) is 0 Å². The summed E-state index contributed by atoms with van der Waals surface area (Å²) >= 11 is 4.37. The first-order valence-corrected chi connectivity index (χ1v) is 7.09. The van der Waals surface area contributed by atoms with Crippen molar-refractivity contribution in [2.75, 3.05) is 17.2 Å². The van der Waals surface area contributed by atoms with Crippen LogP contribution in [-0.4, -0.2) is 17.7 Å². The quantitative estimate of drug-likeness (QED) is 0.658. The van der Waals surface area contributed by atoms with Crippen molar-refractivity contribution < 1.29 is 4.79 Å². The third kappa shape index (κ3) is 2.51. The lowest BCUT2D eigenvalue weighted by molar-refractivity contribution is -0.117. The van der Waals surface area contributed by atoms with Crippen LogP contribution in [0.3, 0.4) is 0 Å². The van der Waals surface area contributed by atoms with Gasteiger partial charge in [-0.2, -0.15) is 12.6 Å². The maximum atomic E-state index is 11.8. The van der Waals surface area contributed by atoms with E-state index in [4.69, 9.17) is 5.73 Å². The zero-order valence-electron chi connectivity index (χ0n) is 11.0. The molecule has 0 radical (unpaired) electrons. The number of thiol groups is 1. The predicted octanol–water partition coefficient (Wildman–Crippen LogP) is 2.97. The van der Waals surface area contributed by atoms with E-state index >= 15 is 0 Å². The molecule has 3 rings (SSSR count). The Hall–Kier alpha value is -1.94. The van der Waals surface area contributed by atoms with Crippen molar-refractivity contribution in [3.63, 3.8) is 0 Å². The van der Waals surface area contributed by atoms with E-state index in [0.717, 1.165) is 22.5 Å². The molecule has 102 valence electrons. The average molecular weight is 284 g/mol. The van der Waals surface area contributed by atoms with E-state index in [2.05, 4.69) is 12.6 Å². The highest BCUT2D eigenvalue weighted by Crippen LogP contribution is 2.27. The Balaban J connectivity index is 1.84. The molecule has 0 spiro atoms. The van der Waals surface area contributed by atoms with E-state index in [-0.39, 0.29) is 11.2 Å². The highest BCUT2D eigenvalue weighted by atomic mass is 32.1. The summed E-state index contributed by atoms with van der Waals surface area (Å²) < 4.78 is 0. The van der Waals surface area contributed by atoms with E-state index < -0.39 is 0 Å². The number of rotatable bonds is 2. The topological polar surface area (TPSA) is 46.3 Å². The van der Waals surface area contributed by atoms with Gasteiger partial charge in [-0.3, -0.25) is 4.79 Å². The number of nitrogens with zero attached hydrogens (tertiary/aromatic N) is 1. The molecule has 1 fully saturated rings. The Morgan fingerprint density at radius 3 is 2.05 bits per heavy atom. The first-order chi connectivity index (χ1) is 9.63. The Bertz CT molecular complexity index is 622. The Morgan fingerprint density at radius 2 is 1.55 bits per heavy atom. The smallest absolute Gasteiger partial charge is 0.228 e. The molecule has 4 heteroatoms. The maximum Gasteiger partial charge on any atom is 0.228 e. The monoisotopic (exact) mass is 284 g/mol. The van der Waals surface area contributed by atoms with Crippen LogP contribution in [0.15, 0.2) is 48.5 Å². The number of carbonyl (C=O) groups excluding carboxylic acids is 1. The summed E-state index contributed by atoms with van der Waals surface area (Å²) in [6.45, 7) is 0.684. The normalized spacial score (nSPS) is 18.6. The average Bonchev–Trinajstić information content (AvgIpc) is 2.79. The lowest BCUT2D eigenvalue weighted by Gasteiger charge is -2.16. The molecule has 1 aliphatic rings. The summed E-state index contributed by atoms with van der Waals surface area (Å²) in [6, 6.07) is 15.8. The first-order valence-electron chi connectivity index (χ1n) is 6.58. The molecule has 1 aliphatic heterocycles. The summed E-state index contributed by atoms with van der Waals surface area (Å²) in [7, 11) is 0. The van der Waals surface area contributed by atoms with Gasteiger partial charge in [0.15, 0.2) is 0 Å². The molecular formula is C16H16N2OS. The molecular weight excluding hydrogens is 268 g/mol. The summed E-state index contributed by atoms with van der Waals surface area (Å²) in [5.41, 5.74) is 9.61. The molecule has 0 bridgehead atoms. The second-order valence-corrected chi connectivity index (χ2v) is 5.76. The Kier molecular flexibility index (Phi) is 3.40. The standard InChI is InChI=1S/C16H16N2OS/c17-13-5-1-11(2-6-13)12-3-7-14(8-4-12)18-10-15(20)9-16(18)19/h1-8,15,20H,9-10,17H2. The van der Waals surface area contributed by atoms with Crippen LogP contribution in [0.4, 0.5) is 11.4 Å². The van der Waals surface area contributed by atoms with Crippen molar-refractivity contribution in [2.24, 2.45) is 0 Å². The molecule has 1 saturated heterocycles. The third-order valence-electron chi connectivity index (χ3n) is 3.53. The Morgan fingerprint density at radius 1 is 1.00 bits per heavy atom. The number of hydrogen-bond acceptors (Lipinski definition) is 3. The van der Waals surface area contributed by atoms with E-state index in [0.29, 0.717) is 13.0 Å². The summed E-state index contributed by atoms with van der Waals surface area (Å²) in [5.74, 6) is 0.144. The van der Waals surface area contributed by atoms with E-state index in [1.165, 1.54) is 0 Å². The molecule has 0 aliphatic carbocycles. The maximum absolute atomic E-state index is 11.8. The van der Waals surface area contributed by atoms with Crippen molar-refractivity contribution in [3.05, 3.63) is 48.5 Å². The van der Waals surface area contributed by atoms with Crippen LogP contribution in [0.5, 0.6) is 0 Å². The molecule has 20 heavy (non-hydrogen) atoms. The van der Waals surface area contributed by atoms with Crippen LogP contribution in [0.2, 0.25) is 0 Å². The van der Waals surface area contributed by atoms with Gasteiger partial charge in [-0.05, 0) is 35.4 Å². The SMILES string of the molecule is Nc1ccc(-c2ccc(N3CC(S)CC3=O)cc2)cc1. The molecule has 0 aromatic heterocycles. The lowest BCUT2D eigenvalue weighted by Crippen LogP contribution is -2.24. The molecule has 2 N–H and O–H groups in total. The van der Waals surface area contributed by atoms with Crippen molar-refractivity contribution in [1.29, 1.82) is 0 Å². The minimum Gasteiger partial charge on any atom is -0.399 e. The summed E-state index contributed by atoms with van der Waals surface area (Å²) in [4.78, 5) is 13.6. The van der Waals surface area contributed by atoms with E-state index in [9.17, 15) is 4.79 Å². The number of amides is 1. The molecule has 2 aromatic carbocycles. The van der Waals surface area contributed by atoms with Crippen molar-refractivity contribution in [1.82, 2.24) is 0 Å². The van der Waals surface area contributed by atoms with Crippen molar-refractivity contribution >= 4 is 29.9 Å². The van der Waals surface area contributed by atoms with Gasteiger partial charge in [-0.25, -0.2) is 0 Å². The minimum atomic E-state index is 0.138. The first kappa shape index (κ1) is 13.1. The second kappa shape index (κ2) is 5.21. The third-order valence-corrected chi connectivity index (χ3v) is 3.87. The van der Waals surface area contributed by atoms with Crippen LogP contribution in [0.1, 0.15) is 6.42 Å². The molecule has 1 unspecified atom stereocenters. The largest absolute Gasteiger partial charge is 0.399 e.